The highest BCUT2D eigenvalue weighted by atomic mass is 16.5. The molecular weight excluding hydrogens is 272 g/mol. The van der Waals surface area contributed by atoms with Gasteiger partial charge in [0.1, 0.15) is 23.0 Å². The van der Waals surface area contributed by atoms with Gasteiger partial charge in [-0.2, -0.15) is 0 Å². The fourth-order valence-corrected chi connectivity index (χ4v) is 2.57. The lowest BCUT2D eigenvalue weighted by Gasteiger charge is -2.13. The van der Waals surface area contributed by atoms with Crippen molar-refractivity contribution < 1.29 is 24.2 Å². The Morgan fingerprint density at radius 3 is 2.86 bits per heavy atom. The highest BCUT2D eigenvalue weighted by molar-refractivity contribution is 5.80. The van der Waals surface area contributed by atoms with Gasteiger partial charge in [0.15, 0.2) is 0 Å². The molecule has 2 N–H and O–H groups in total. The largest absolute Gasteiger partial charge is 0.508 e. The van der Waals surface area contributed by atoms with Crippen LogP contribution in [0.2, 0.25) is 0 Å². The standard InChI is InChI=1S/C16H16O5/c1-9-2-3-12-4-5-14(21-12)16-10(7-15(19)20-9)6-11(17)8-13(16)18/h4-6,8-9,17-18H,2-3,7H2,1H3. The lowest BCUT2D eigenvalue weighted by molar-refractivity contribution is -0.147. The normalized spacial score (nSPS) is 18.5. The van der Waals surface area contributed by atoms with Crippen molar-refractivity contribution in [1.29, 1.82) is 0 Å². The van der Waals surface area contributed by atoms with E-state index in [0.717, 1.165) is 5.76 Å². The van der Waals surface area contributed by atoms with Gasteiger partial charge in [-0.15, -0.1) is 0 Å². The fourth-order valence-electron chi connectivity index (χ4n) is 2.57. The van der Waals surface area contributed by atoms with Crippen LogP contribution in [0.25, 0.3) is 11.3 Å². The SMILES string of the molecule is CC1CCc2ccc(o2)-c2c(O)cc(O)cc2CC(=O)O1. The molecule has 3 rings (SSSR count). The quantitative estimate of drug-likeness (QED) is 0.729. The Balaban J connectivity index is 2.14. The third kappa shape index (κ3) is 2.72. The number of carbonyl (C=O) groups excluding carboxylic acids is 1. The van der Waals surface area contributed by atoms with Crippen LogP contribution in [0.1, 0.15) is 24.7 Å². The molecule has 2 heterocycles. The minimum atomic E-state index is -0.388. The average Bonchev–Trinajstić information content (AvgIpc) is 2.82. The van der Waals surface area contributed by atoms with E-state index in [-0.39, 0.29) is 30.0 Å². The van der Waals surface area contributed by atoms with E-state index in [1.807, 2.05) is 13.0 Å². The lowest BCUT2D eigenvalue weighted by Crippen LogP contribution is -2.17. The summed E-state index contributed by atoms with van der Waals surface area (Å²) in [4.78, 5) is 12.0. The number of hydrogen-bond acceptors (Lipinski definition) is 5. The molecule has 0 spiro atoms. The third-order valence-corrected chi connectivity index (χ3v) is 3.56. The number of esters is 1. The topological polar surface area (TPSA) is 79.9 Å². The number of cyclic esters (lactones) is 1. The van der Waals surface area contributed by atoms with Crippen molar-refractivity contribution >= 4 is 5.97 Å². The molecule has 5 heteroatoms. The van der Waals surface area contributed by atoms with Gasteiger partial charge in [0.2, 0.25) is 0 Å². The molecule has 0 radical (unpaired) electrons. The number of furan rings is 1. The van der Waals surface area contributed by atoms with Gasteiger partial charge in [0.05, 0.1) is 18.1 Å². The van der Waals surface area contributed by atoms with Gasteiger partial charge >= 0.3 is 5.97 Å². The molecule has 0 saturated carbocycles. The number of aromatic hydroxyl groups is 2. The summed E-state index contributed by atoms with van der Waals surface area (Å²) in [6, 6.07) is 6.29. The van der Waals surface area contributed by atoms with E-state index in [2.05, 4.69) is 0 Å². The van der Waals surface area contributed by atoms with E-state index in [1.54, 1.807) is 6.07 Å². The van der Waals surface area contributed by atoms with Crippen LogP contribution in [-0.2, 0) is 22.4 Å². The van der Waals surface area contributed by atoms with Crippen LogP contribution in [0.5, 0.6) is 11.5 Å². The Hall–Kier alpha value is -2.43. The zero-order chi connectivity index (χ0) is 15.0. The van der Waals surface area contributed by atoms with E-state index < -0.39 is 0 Å². The molecule has 0 saturated heterocycles. The second-order valence-corrected chi connectivity index (χ2v) is 5.28. The molecular formula is C16H16O5. The van der Waals surface area contributed by atoms with Gasteiger partial charge in [-0.25, -0.2) is 0 Å². The van der Waals surface area contributed by atoms with Crippen molar-refractivity contribution in [3.05, 3.63) is 35.6 Å². The Bertz CT molecular complexity index is 686. The number of rotatable bonds is 0. The molecule has 5 nitrogen and oxygen atoms in total. The van der Waals surface area contributed by atoms with Crippen molar-refractivity contribution in [2.75, 3.05) is 0 Å². The van der Waals surface area contributed by atoms with Gasteiger partial charge in [-0.05, 0) is 37.1 Å². The molecule has 21 heavy (non-hydrogen) atoms. The molecule has 0 aliphatic carbocycles. The minimum absolute atomic E-state index is 0.0301. The van der Waals surface area contributed by atoms with Crippen LogP contribution in [0.3, 0.4) is 0 Å². The molecule has 1 unspecified atom stereocenters. The summed E-state index contributed by atoms with van der Waals surface area (Å²) in [6.07, 6.45) is 1.09. The first-order chi connectivity index (χ1) is 10.0. The molecule has 110 valence electrons. The number of phenols is 2. The smallest absolute Gasteiger partial charge is 0.310 e. The summed E-state index contributed by atoms with van der Waals surface area (Å²) in [6.45, 7) is 1.83. The summed E-state index contributed by atoms with van der Waals surface area (Å²) in [5.41, 5.74) is 0.901. The Morgan fingerprint density at radius 1 is 1.24 bits per heavy atom. The number of carbonyl (C=O) groups is 1. The molecule has 0 amide bonds. The van der Waals surface area contributed by atoms with Crippen molar-refractivity contribution in [2.24, 2.45) is 0 Å². The summed E-state index contributed by atoms with van der Waals surface area (Å²) in [5, 5.41) is 19.7. The Kier molecular flexibility index (Phi) is 3.33. The predicted molar refractivity (Wildman–Crippen MR) is 75.1 cm³/mol. The number of aryl methyl sites for hydroxylation is 1. The molecule has 0 fully saturated rings. The van der Waals surface area contributed by atoms with Gasteiger partial charge in [-0.3, -0.25) is 4.79 Å². The predicted octanol–water partition coefficient (Wildman–Crippen LogP) is 2.78. The van der Waals surface area contributed by atoms with Gasteiger partial charge < -0.3 is 19.4 Å². The van der Waals surface area contributed by atoms with E-state index >= 15 is 0 Å². The molecule has 1 aliphatic heterocycles. The zero-order valence-electron chi connectivity index (χ0n) is 11.6. The Morgan fingerprint density at radius 2 is 2.05 bits per heavy atom. The second kappa shape index (κ2) is 5.16. The van der Waals surface area contributed by atoms with Crippen LogP contribution in [0, 0.1) is 0 Å². The van der Waals surface area contributed by atoms with Crippen molar-refractivity contribution in [3.8, 4) is 22.8 Å². The number of fused-ring (bicyclic) bond motifs is 4. The summed E-state index contributed by atoms with van der Waals surface area (Å²) >= 11 is 0. The summed E-state index contributed by atoms with van der Waals surface area (Å²) < 4.78 is 11.1. The molecule has 1 aromatic carbocycles. The highest BCUT2D eigenvalue weighted by Gasteiger charge is 2.21. The third-order valence-electron chi connectivity index (χ3n) is 3.56. The first kappa shape index (κ1) is 13.5. The second-order valence-electron chi connectivity index (χ2n) is 5.28. The van der Waals surface area contributed by atoms with E-state index in [9.17, 15) is 15.0 Å². The molecule has 2 aromatic rings. The zero-order valence-corrected chi connectivity index (χ0v) is 11.6. The van der Waals surface area contributed by atoms with Gasteiger partial charge in [-0.1, -0.05) is 0 Å². The Labute approximate surface area is 121 Å². The van der Waals surface area contributed by atoms with Crippen LogP contribution >= 0.6 is 0 Å². The number of benzene rings is 1. The monoisotopic (exact) mass is 288 g/mol. The first-order valence-electron chi connectivity index (χ1n) is 6.86. The van der Waals surface area contributed by atoms with Crippen LogP contribution in [0.15, 0.2) is 28.7 Å². The molecule has 1 aliphatic rings. The van der Waals surface area contributed by atoms with E-state index in [1.165, 1.54) is 12.1 Å². The van der Waals surface area contributed by atoms with Crippen molar-refractivity contribution in [2.45, 2.75) is 32.3 Å². The molecule has 2 bridgehead atoms. The maximum Gasteiger partial charge on any atom is 0.310 e. The summed E-state index contributed by atoms with van der Waals surface area (Å²) in [5.74, 6) is 0.647. The van der Waals surface area contributed by atoms with Crippen LogP contribution in [0.4, 0.5) is 0 Å². The van der Waals surface area contributed by atoms with Crippen LogP contribution < -0.4 is 0 Å². The highest BCUT2D eigenvalue weighted by Crippen LogP contribution is 2.38. The number of phenolic OH excluding ortho intramolecular Hbond substituents is 2. The summed E-state index contributed by atoms with van der Waals surface area (Å²) in [7, 11) is 0. The first-order valence-corrected chi connectivity index (χ1v) is 6.86. The van der Waals surface area contributed by atoms with Gasteiger partial charge in [0.25, 0.3) is 0 Å². The fraction of sp³-hybridized carbons (Fsp3) is 0.312. The lowest BCUT2D eigenvalue weighted by atomic mass is 10.0. The number of ether oxygens (including phenoxy) is 1. The van der Waals surface area contributed by atoms with Crippen molar-refractivity contribution in [1.82, 2.24) is 0 Å². The number of hydrogen-bond donors (Lipinski definition) is 2. The molecule has 1 aromatic heterocycles. The van der Waals surface area contributed by atoms with E-state index in [4.69, 9.17) is 9.15 Å². The average molecular weight is 288 g/mol. The minimum Gasteiger partial charge on any atom is -0.508 e. The maximum absolute atomic E-state index is 12.0. The van der Waals surface area contributed by atoms with Crippen molar-refractivity contribution in [3.63, 3.8) is 0 Å². The van der Waals surface area contributed by atoms with E-state index in [0.29, 0.717) is 29.7 Å². The van der Waals surface area contributed by atoms with Crippen LogP contribution in [-0.4, -0.2) is 22.3 Å². The maximum atomic E-state index is 12.0. The van der Waals surface area contributed by atoms with Gasteiger partial charge in [0, 0.05) is 12.5 Å². The molecule has 1 atom stereocenters.